The Morgan fingerprint density at radius 2 is 1.89 bits per heavy atom. The Morgan fingerprint density at radius 3 is 2.64 bits per heavy atom. The number of hydrogen-bond donors (Lipinski definition) is 1. The summed E-state index contributed by atoms with van der Waals surface area (Å²) in [4.78, 5) is 49.1. The number of amides is 2. The zero-order valence-electron chi connectivity index (χ0n) is 15.0. The lowest BCUT2D eigenvalue weighted by Crippen LogP contribution is -2.37. The summed E-state index contributed by atoms with van der Waals surface area (Å²) in [5.74, 6) is -2.75. The average molecular weight is 401 g/mol. The first-order chi connectivity index (χ1) is 13.4. The number of anilines is 1. The van der Waals surface area contributed by atoms with Crippen molar-refractivity contribution in [2.45, 2.75) is 13.0 Å². The number of nitrogens with zero attached hydrogens (tertiary/aromatic N) is 1. The predicted octanol–water partition coefficient (Wildman–Crippen LogP) is 2.29. The second-order valence-electron chi connectivity index (χ2n) is 6.24. The molecule has 0 saturated heterocycles. The summed E-state index contributed by atoms with van der Waals surface area (Å²) in [5.41, 5.74) is 1.41. The Morgan fingerprint density at radius 1 is 1.14 bits per heavy atom. The van der Waals surface area contributed by atoms with Gasteiger partial charge in [0, 0.05) is 5.02 Å². The summed E-state index contributed by atoms with van der Waals surface area (Å²) in [6, 6.07) is 13.1. The van der Waals surface area contributed by atoms with Crippen molar-refractivity contribution in [2.75, 3.05) is 18.1 Å². The van der Waals surface area contributed by atoms with Crippen molar-refractivity contribution in [1.29, 1.82) is 0 Å². The number of ketones is 1. The molecule has 0 radical (unpaired) electrons. The van der Waals surface area contributed by atoms with Gasteiger partial charge in [0.05, 0.1) is 17.3 Å². The lowest BCUT2D eigenvalue weighted by molar-refractivity contribution is -0.147. The van der Waals surface area contributed by atoms with Gasteiger partial charge < -0.3 is 10.1 Å². The average Bonchev–Trinajstić information content (AvgIpc) is 2.91. The van der Waals surface area contributed by atoms with E-state index in [9.17, 15) is 19.2 Å². The van der Waals surface area contributed by atoms with Gasteiger partial charge in [0.25, 0.3) is 17.6 Å². The Labute approximate surface area is 166 Å². The minimum absolute atomic E-state index is 0.244. The number of carbonyl (C=O) groups is 4. The van der Waals surface area contributed by atoms with Crippen LogP contribution >= 0.6 is 11.6 Å². The van der Waals surface area contributed by atoms with E-state index in [1.807, 2.05) is 6.07 Å². The van der Waals surface area contributed by atoms with Crippen molar-refractivity contribution in [3.8, 4) is 0 Å². The topological polar surface area (TPSA) is 92.8 Å². The molecule has 8 heteroatoms. The van der Waals surface area contributed by atoms with Crippen LogP contribution in [0.1, 0.15) is 28.9 Å². The fourth-order valence-corrected chi connectivity index (χ4v) is 3.07. The van der Waals surface area contributed by atoms with Crippen LogP contribution in [-0.2, 0) is 19.1 Å². The summed E-state index contributed by atoms with van der Waals surface area (Å²) in [5, 5.41) is 3.25. The van der Waals surface area contributed by atoms with Crippen molar-refractivity contribution >= 4 is 40.9 Å². The second-order valence-corrected chi connectivity index (χ2v) is 6.68. The number of halogens is 1. The van der Waals surface area contributed by atoms with Gasteiger partial charge in [0.1, 0.15) is 6.54 Å². The molecule has 1 N–H and O–H groups in total. The lowest BCUT2D eigenvalue weighted by Gasteiger charge is -2.17. The number of nitrogens with one attached hydrogen (secondary N) is 1. The van der Waals surface area contributed by atoms with E-state index in [1.165, 1.54) is 6.07 Å². The molecule has 1 aliphatic rings. The highest BCUT2D eigenvalue weighted by Crippen LogP contribution is 2.28. The number of rotatable bonds is 6. The number of benzene rings is 2. The minimum Gasteiger partial charge on any atom is -0.454 e. The first kappa shape index (κ1) is 19.6. The maximum absolute atomic E-state index is 12.0. The van der Waals surface area contributed by atoms with Crippen molar-refractivity contribution < 1.29 is 23.9 Å². The highest BCUT2D eigenvalue weighted by atomic mass is 35.5. The normalized spacial score (nSPS) is 13.9. The SMILES string of the molecule is C[C@H](NC(=O)COC(=O)CN1C(=O)C(=O)c2ccccc21)c1cccc(Cl)c1. The zero-order valence-corrected chi connectivity index (χ0v) is 15.7. The molecule has 0 spiro atoms. The summed E-state index contributed by atoms with van der Waals surface area (Å²) < 4.78 is 4.94. The van der Waals surface area contributed by atoms with Gasteiger partial charge in [-0.25, -0.2) is 0 Å². The van der Waals surface area contributed by atoms with E-state index in [1.54, 1.807) is 43.3 Å². The molecule has 1 heterocycles. The third kappa shape index (κ3) is 4.20. The van der Waals surface area contributed by atoms with Crippen LogP contribution in [0.25, 0.3) is 0 Å². The Balaban J connectivity index is 1.52. The molecule has 1 atom stereocenters. The molecule has 0 fully saturated rings. The molecule has 0 bridgehead atoms. The van der Waals surface area contributed by atoms with E-state index < -0.39 is 36.7 Å². The first-order valence-electron chi connectivity index (χ1n) is 8.52. The van der Waals surface area contributed by atoms with Gasteiger partial charge in [-0.1, -0.05) is 35.9 Å². The van der Waals surface area contributed by atoms with Crippen LogP contribution in [0.4, 0.5) is 5.69 Å². The number of Topliss-reactive ketones (excluding diaryl/α,β-unsaturated/α-hetero) is 1. The van der Waals surface area contributed by atoms with Crippen LogP contribution in [0.3, 0.4) is 0 Å². The summed E-state index contributed by atoms with van der Waals surface area (Å²) in [7, 11) is 0. The van der Waals surface area contributed by atoms with E-state index in [0.29, 0.717) is 10.7 Å². The van der Waals surface area contributed by atoms with Crippen LogP contribution in [0.2, 0.25) is 5.02 Å². The molecule has 2 amide bonds. The van der Waals surface area contributed by atoms with Crippen molar-refractivity contribution in [3.63, 3.8) is 0 Å². The summed E-state index contributed by atoms with van der Waals surface area (Å²) in [6.07, 6.45) is 0. The number of fused-ring (bicyclic) bond motifs is 1. The predicted molar refractivity (Wildman–Crippen MR) is 102 cm³/mol. The Hall–Kier alpha value is -3.19. The molecular weight excluding hydrogens is 384 g/mol. The van der Waals surface area contributed by atoms with Gasteiger partial charge >= 0.3 is 5.97 Å². The van der Waals surface area contributed by atoms with Crippen molar-refractivity contribution in [1.82, 2.24) is 5.32 Å². The Kier molecular flexibility index (Phi) is 5.75. The zero-order chi connectivity index (χ0) is 20.3. The fraction of sp³-hybridized carbons (Fsp3) is 0.200. The van der Waals surface area contributed by atoms with Crippen LogP contribution in [0, 0.1) is 0 Å². The van der Waals surface area contributed by atoms with Crippen LogP contribution in [0.5, 0.6) is 0 Å². The molecule has 0 aliphatic carbocycles. The second kappa shape index (κ2) is 8.22. The highest BCUT2D eigenvalue weighted by molar-refractivity contribution is 6.52. The van der Waals surface area contributed by atoms with Gasteiger partial charge in [-0.3, -0.25) is 24.1 Å². The molecule has 2 aromatic rings. The van der Waals surface area contributed by atoms with Crippen LogP contribution in [0.15, 0.2) is 48.5 Å². The summed E-state index contributed by atoms with van der Waals surface area (Å²) >= 11 is 5.93. The molecule has 0 saturated carbocycles. The lowest BCUT2D eigenvalue weighted by atomic mass is 10.1. The molecule has 28 heavy (non-hydrogen) atoms. The number of para-hydroxylation sites is 1. The number of esters is 1. The van der Waals surface area contributed by atoms with Crippen LogP contribution in [-0.4, -0.2) is 36.7 Å². The smallest absolute Gasteiger partial charge is 0.326 e. The van der Waals surface area contributed by atoms with E-state index >= 15 is 0 Å². The maximum Gasteiger partial charge on any atom is 0.326 e. The molecule has 2 aromatic carbocycles. The maximum atomic E-state index is 12.0. The van der Waals surface area contributed by atoms with Gasteiger partial charge in [-0.15, -0.1) is 0 Å². The van der Waals surface area contributed by atoms with Gasteiger partial charge in [-0.2, -0.15) is 0 Å². The van der Waals surface area contributed by atoms with E-state index in [-0.39, 0.29) is 11.6 Å². The number of hydrogen-bond acceptors (Lipinski definition) is 5. The largest absolute Gasteiger partial charge is 0.454 e. The monoisotopic (exact) mass is 400 g/mol. The molecule has 7 nitrogen and oxygen atoms in total. The third-order valence-corrected chi connectivity index (χ3v) is 4.49. The molecule has 0 unspecified atom stereocenters. The fourth-order valence-electron chi connectivity index (χ4n) is 2.87. The van der Waals surface area contributed by atoms with E-state index in [0.717, 1.165) is 10.5 Å². The van der Waals surface area contributed by atoms with Gasteiger partial charge in [-0.05, 0) is 36.8 Å². The number of ether oxygens (including phenoxy) is 1. The molecule has 0 aromatic heterocycles. The van der Waals surface area contributed by atoms with Crippen LogP contribution < -0.4 is 10.2 Å². The van der Waals surface area contributed by atoms with Crippen molar-refractivity contribution in [3.05, 3.63) is 64.7 Å². The van der Waals surface area contributed by atoms with E-state index in [4.69, 9.17) is 16.3 Å². The first-order valence-corrected chi connectivity index (χ1v) is 8.90. The molecule has 1 aliphatic heterocycles. The quantitative estimate of drug-likeness (QED) is 0.593. The van der Waals surface area contributed by atoms with Crippen molar-refractivity contribution in [2.24, 2.45) is 0 Å². The standard InChI is InChI=1S/C20H17ClN2O5/c1-12(13-5-4-6-14(21)9-13)22-17(24)11-28-18(25)10-23-16-8-3-2-7-15(16)19(26)20(23)27/h2-9,12H,10-11H2,1H3,(H,22,24)/t12-/m0/s1. The van der Waals surface area contributed by atoms with E-state index in [2.05, 4.69) is 5.32 Å². The van der Waals surface area contributed by atoms with Gasteiger partial charge in [0.2, 0.25) is 0 Å². The molecule has 144 valence electrons. The Bertz CT molecular complexity index is 959. The van der Waals surface area contributed by atoms with Gasteiger partial charge in [0.15, 0.2) is 6.61 Å². The minimum atomic E-state index is -0.794. The third-order valence-electron chi connectivity index (χ3n) is 4.26. The number of carbonyl (C=O) groups excluding carboxylic acids is 4. The molecule has 3 rings (SSSR count). The summed E-state index contributed by atoms with van der Waals surface area (Å²) in [6.45, 7) is 0.830. The molecular formula is C20H17ClN2O5. The highest BCUT2D eigenvalue weighted by Gasteiger charge is 2.36.